The van der Waals surface area contributed by atoms with Gasteiger partial charge in [0, 0.05) is 29.6 Å². The molecular formula is C17H13FN6O2. The number of nitriles is 1. The standard InChI is InChI=1S/C17H13FN6O2/c18-12-6-11(8-23-17(12)26-5-1-4-19)13-9-22-16-15(24-13)10(7-21-16)2-3-14(20)25/h2-3,6-9H,1,5H2,(H2,20,25)(H,21,22). The van der Waals surface area contributed by atoms with Crippen LogP contribution in [-0.2, 0) is 4.79 Å². The normalized spacial score (nSPS) is 10.9. The molecule has 3 heterocycles. The van der Waals surface area contributed by atoms with Gasteiger partial charge in [-0.15, -0.1) is 0 Å². The highest BCUT2D eigenvalue weighted by atomic mass is 19.1. The largest absolute Gasteiger partial charge is 0.475 e. The molecule has 3 rings (SSSR count). The van der Waals surface area contributed by atoms with Crippen LogP contribution in [0.1, 0.15) is 12.0 Å². The number of nitrogens with one attached hydrogen (secondary N) is 1. The number of pyridine rings is 1. The molecule has 0 aromatic carbocycles. The van der Waals surface area contributed by atoms with Crippen molar-refractivity contribution in [3.8, 4) is 23.2 Å². The summed E-state index contributed by atoms with van der Waals surface area (Å²) in [6.45, 7) is 0.0600. The molecule has 0 aliphatic rings. The first-order chi connectivity index (χ1) is 12.6. The first-order valence-electron chi connectivity index (χ1n) is 7.56. The Morgan fingerprint density at radius 3 is 3.00 bits per heavy atom. The van der Waals surface area contributed by atoms with Gasteiger partial charge in [0.2, 0.25) is 11.8 Å². The van der Waals surface area contributed by atoms with Crippen LogP contribution >= 0.6 is 0 Å². The molecule has 3 aromatic rings. The lowest BCUT2D eigenvalue weighted by Gasteiger charge is -2.06. The molecular weight excluding hydrogens is 339 g/mol. The van der Waals surface area contributed by atoms with Gasteiger partial charge in [-0.2, -0.15) is 5.26 Å². The molecule has 0 saturated heterocycles. The van der Waals surface area contributed by atoms with E-state index in [4.69, 9.17) is 15.7 Å². The lowest BCUT2D eigenvalue weighted by Crippen LogP contribution is -2.05. The van der Waals surface area contributed by atoms with Crippen LogP contribution in [0.4, 0.5) is 4.39 Å². The van der Waals surface area contributed by atoms with Gasteiger partial charge in [-0.25, -0.2) is 19.3 Å². The van der Waals surface area contributed by atoms with Crippen LogP contribution in [0.15, 0.2) is 30.7 Å². The van der Waals surface area contributed by atoms with Gasteiger partial charge >= 0.3 is 0 Å². The maximum absolute atomic E-state index is 14.1. The van der Waals surface area contributed by atoms with Crippen molar-refractivity contribution in [3.63, 3.8) is 0 Å². The highest BCUT2D eigenvalue weighted by Crippen LogP contribution is 2.24. The van der Waals surface area contributed by atoms with Crippen LogP contribution < -0.4 is 10.5 Å². The second kappa shape index (κ2) is 7.40. The number of rotatable bonds is 6. The Hall–Kier alpha value is -3.80. The first kappa shape index (κ1) is 17.0. The van der Waals surface area contributed by atoms with Gasteiger partial charge in [-0.3, -0.25) is 4.79 Å². The van der Waals surface area contributed by atoms with E-state index in [-0.39, 0.29) is 18.9 Å². The van der Waals surface area contributed by atoms with E-state index in [1.165, 1.54) is 30.6 Å². The molecule has 0 fully saturated rings. The summed E-state index contributed by atoms with van der Waals surface area (Å²) < 4.78 is 19.2. The molecule has 3 aromatic heterocycles. The molecule has 0 aliphatic carbocycles. The Kier molecular flexibility index (Phi) is 4.85. The molecule has 0 radical (unpaired) electrons. The highest BCUT2D eigenvalue weighted by Gasteiger charge is 2.11. The monoisotopic (exact) mass is 352 g/mol. The number of carbonyl (C=O) groups excluding carboxylic acids is 1. The molecule has 1 amide bonds. The zero-order valence-corrected chi connectivity index (χ0v) is 13.4. The molecule has 130 valence electrons. The second-order valence-corrected chi connectivity index (χ2v) is 5.20. The van der Waals surface area contributed by atoms with Crippen molar-refractivity contribution in [3.05, 3.63) is 42.1 Å². The molecule has 0 bridgehead atoms. The smallest absolute Gasteiger partial charge is 0.250 e. The molecule has 9 heteroatoms. The Balaban J connectivity index is 1.92. The van der Waals surface area contributed by atoms with Gasteiger partial charge in [0.1, 0.15) is 12.1 Å². The summed E-state index contributed by atoms with van der Waals surface area (Å²) >= 11 is 0. The maximum atomic E-state index is 14.1. The number of nitrogens with two attached hydrogens (primary N) is 1. The minimum Gasteiger partial charge on any atom is -0.475 e. The van der Waals surface area contributed by atoms with Crippen LogP contribution in [0.3, 0.4) is 0 Å². The lowest BCUT2D eigenvalue weighted by molar-refractivity contribution is -0.113. The average Bonchev–Trinajstić information content (AvgIpc) is 3.03. The molecule has 26 heavy (non-hydrogen) atoms. The van der Waals surface area contributed by atoms with Crippen molar-refractivity contribution >= 4 is 23.1 Å². The summed E-state index contributed by atoms with van der Waals surface area (Å²) in [7, 11) is 0. The number of carbonyl (C=O) groups is 1. The van der Waals surface area contributed by atoms with E-state index >= 15 is 0 Å². The van der Waals surface area contributed by atoms with Gasteiger partial charge in [-0.1, -0.05) is 0 Å². The number of hydrogen-bond donors (Lipinski definition) is 2. The number of hydrogen-bond acceptors (Lipinski definition) is 6. The zero-order valence-electron chi connectivity index (χ0n) is 13.4. The quantitative estimate of drug-likeness (QED) is 0.515. The summed E-state index contributed by atoms with van der Waals surface area (Å²) in [6.07, 6.45) is 7.40. The van der Waals surface area contributed by atoms with Crippen LogP contribution in [0.2, 0.25) is 0 Å². The predicted octanol–water partition coefficient (Wildman–Crippen LogP) is 1.95. The Morgan fingerprint density at radius 1 is 1.42 bits per heavy atom. The summed E-state index contributed by atoms with van der Waals surface area (Å²) in [5.41, 5.74) is 7.56. The van der Waals surface area contributed by atoms with Crippen molar-refractivity contribution in [2.45, 2.75) is 6.42 Å². The number of H-pyrrole nitrogens is 1. The van der Waals surface area contributed by atoms with E-state index in [0.717, 1.165) is 0 Å². The summed E-state index contributed by atoms with van der Waals surface area (Å²) in [6, 6.07) is 3.13. The highest BCUT2D eigenvalue weighted by molar-refractivity contribution is 5.93. The van der Waals surface area contributed by atoms with Crippen LogP contribution in [0.25, 0.3) is 28.5 Å². The molecule has 0 atom stereocenters. The third-order valence-electron chi connectivity index (χ3n) is 3.39. The molecule has 0 unspecified atom stereocenters. The fourth-order valence-electron chi connectivity index (χ4n) is 2.21. The van der Waals surface area contributed by atoms with E-state index in [0.29, 0.717) is 28.0 Å². The van der Waals surface area contributed by atoms with Crippen molar-refractivity contribution in [1.82, 2.24) is 19.9 Å². The second-order valence-electron chi connectivity index (χ2n) is 5.20. The molecule has 0 aliphatic heterocycles. The van der Waals surface area contributed by atoms with Crippen LogP contribution in [-0.4, -0.2) is 32.4 Å². The first-order valence-corrected chi connectivity index (χ1v) is 7.56. The summed E-state index contributed by atoms with van der Waals surface area (Å²) in [5.74, 6) is -1.42. The van der Waals surface area contributed by atoms with Crippen LogP contribution in [0, 0.1) is 17.1 Å². The van der Waals surface area contributed by atoms with Crippen LogP contribution in [0.5, 0.6) is 5.88 Å². The maximum Gasteiger partial charge on any atom is 0.250 e. The number of aromatic nitrogens is 4. The lowest BCUT2D eigenvalue weighted by atomic mass is 10.2. The molecule has 3 N–H and O–H groups in total. The Morgan fingerprint density at radius 2 is 2.27 bits per heavy atom. The third kappa shape index (κ3) is 3.64. The van der Waals surface area contributed by atoms with E-state index < -0.39 is 11.7 Å². The minimum atomic E-state index is -0.662. The number of ether oxygens (including phenoxy) is 1. The number of nitrogens with zero attached hydrogens (tertiary/aromatic N) is 4. The third-order valence-corrected chi connectivity index (χ3v) is 3.39. The summed E-state index contributed by atoms with van der Waals surface area (Å²) in [5, 5.41) is 8.47. The fourth-order valence-corrected chi connectivity index (χ4v) is 2.21. The molecule has 0 spiro atoms. The van der Waals surface area contributed by atoms with Crippen molar-refractivity contribution in [2.24, 2.45) is 5.73 Å². The number of amides is 1. The Bertz CT molecular complexity index is 1040. The predicted molar refractivity (Wildman–Crippen MR) is 91.0 cm³/mol. The number of aromatic amines is 1. The van der Waals surface area contributed by atoms with Gasteiger partial charge in [0.15, 0.2) is 11.5 Å². The van der Waals surface area contributed by atoms with Gasteiger partial charge in [0.25, 0.3) is 0 Å². The van der Waals surface area contributed by atoms with Gasteiger partial charge in [0.05, 0.1) is 24.4 Å². The van der Waals surface area contributed by atoms with Gasteiger partial charge < -0.3 is 15.5 Å². The Labute approximate surface area is 147 Å². The van der Waals surface area contributed by atoms with Crippen molar-refractivity contribution in [2.75, 3.05) is 6.61 Å². The van der Waals surface area contributed by atoms with Gasteiger partial charge in [-0.05, 0) is 12.1 Å². The van der Waals surface area contributed by atoms with E-state index in [2.05, 4.69) is 19.9 Å². The summed E-state index contributed by atoms with van der Waals surface area (Å²) in [4.78, 5) is 26.4. The van der Waals surface area contributed by atoms with E-state index in [1.807, 2.05) is 6.07 Å². The zero-order chi connectivity index (χ0) is 18.5. The SMILES string of the molecule is N#CCCOc1ncc(-c2cnc3[nH]cc(C=CC(N)=O)c3n2)cc1F. The van der Waals surface area contributed by atoms with Crippen molar-refractivity contribution in [1.29, 1.82) is 5.26 Å². The fraction of sp³-hybridized carbons (Fsp3) is 0.118. The molecule has 0 saturated carbocycles. The van der Waals surface area contributed by atoms with E-state index in [1.54, 1.807) is 6.20 Å². The molecule has 8 nitrogen and oxygen atoms in total. The number of fused-ring (bicyclic) bond motifs is 1. The number of primary amides is 1. The number of halogens is 1. The van der Waals surface area contributed by atoms with E-state index in [9.17, 15) is 9.18 Å². The van der Waals surface area contributed by atoms with Crippen molar-refractivity contribution < 1.29 is 13.9 Å². The minimum absolute atomic E-state index is 0.0600. The average molecular weight is 352 g/mol. The topological polar surface area (TPSA) is 131 Å².